The molecule has 0 N–H and O–H groups in total. The first-order valence-electron chi connectivity index (χ1n) is 10.2. The zero-order valence-electron chi connectivity index (χ0n) is 17.9. The van der Waals surface area contributed by atoms with Gasteiger partial charge in [0.1, 0.15) is 11.3 Å². The number of rotatable bonds is 5. The summed E-state index contributed by atoms with van der Waals surface area (Å²) in [7, 11) is 0. The zero-order valence-corrected chi connectivity index (χ0v) is 17.9. The third kappa shape index (κ3) is 4.72. The van der Waals surface area contributed by atoms with Crippen molar-refractivity contribution < 1.29 is 23.9 Å². The molecule has 1 aromatic carbocycles. The highest BCUT2D eigenvalue weighted by Gasteiger charge is 2.28. The van der Waals surface area contributed by atoms with E-state index in [4.69, 9.17) is 9.47 Å². The molecule has 30 heavy (non-hydrogen) atoms. The van der Waals surface area contributed by atoms with Crippen molar-refractivity contribution in [2.45, 2.75) is 52.6 Å². The number of fused-ring (bicyclic) bond motifs is 1. The number of aromatic nitrogens is 1. The molecule has 160 valence electrons. The third-order valence-corrected chi connectivity index (χ3v) is 4.76. The number of allylic oxidation sites excluding steroid dienone is 1. The predicted molar refractivity (Wildman–Crippen MR) is 113 cm³/mol. The van der Waals surface area contributed by atoms with Crippen LogP contribution in [0, 0.1) is 0 Å². The smallest absolute Gasteiger partial charge is 0.419 e. The lowest BCUT2D eigenvalue weighted by Crippen LogP contribution is -2.38. The molecule has 0 saturated heterocycles. The van der Waals surface area contributed by atoms with Gasteiger partial charge in [-0.1, -0.05) is 24.3 Å². The summed E-state index contributed by atoms with van der Waals surface area (Å²) in [5.41, 5.74) is 1.33. The van der Waals surface area contributed by atoms with E-state index in [9.17, 15) is 14.4 Å². The molecule has 0 saturated carbocycles. The normalized spacial score (nSPS) is 14.6. The molecule has 0 unspecified atom stereocenters. The topological polar surface area (TPSA) is 77.8 Å². The molecule has 0 radical (unpaired) electrons. The first-order valence-corrected chi connectivity index (χ1v) is 10.2. The van der Waals surface area contributed by atoms with Crippen LogP contribution in [0.2, 0.25) is 0 Å². The summed E-state index contributed by atoms with van der Waals surface area (Å²) in [6.07, 6.45) is 4.43. The molecule has 1 amide bonds. The van der Waals surface area contributed by atoms with E-state index >= 15 is 0 Å². The van der Waals surface area contributed by atoms with Crippen molar-refractivity contribution in [3.05, 3.63) is 47.8 Å². The Hall–Kier alpha value is -3.09. The number of benzene rings is 1. The van der Waals surface area contributed by atoms with Gasteiger partial charge in [0.2, 0.25) is 5.91 Å². The standard InChI is InChI=1S/C23H28N2O5/c1-5-29-21(27)19-11-8-12-20(26)24(19)14-13-16-15-25(22(28)30-23(2,3)4)18-10-7-6-9-17(16)18/h6-7,9-11,15H,5,8,12-14H2,1-4H3. The summed E-state index contributed by atoms with van der Waals surface area (Å²) in [4.78, 5) is 38.9. The summed E-state index contributed by atoms with van der Waals surface area (Å²) in [6.45, 7) is 7.78. The highest BCUT2D eigenvalue weighted by Crippen LogP contribution is 2.25. The third-order valence-electron chi connectivity index (χ3n) is 4.76. The molecule has 1 aliphatic rings. The molecule has 7 nitrogen and oxygen atoms in total. The van der Waals surface area contributed by atoms with Crippen molar-refractivity contribution in [3.8, 4) is 0 Å². The van der Waals surface area contributed by atoms with Gasteiger partial charge >= 0.3 is 12.1 Å². The number of hydrogen-bond donors (Lipinski definition) is 0. The zero-order chi connectivity index (χ0) is 21.9. The van der Waals surface area contributed by atoms with Crippen molar-refractivity contribution in [1.82, 2.24) is 9.47 Å². The van der Waals surface area contributed by atoms with Gasteiger partial charge in [0, 0.05) is 24.5 Å². The summed E-state index contributed by atoms with van der Waals surface area (Å²) in [6, 6.07) is 7.56. The average molecular weight is 412 g/mol. The van der Waals surface area contributed by atoms with Crippen molar-refractivity contribution in [3.63, 3.8) is 0 Å². The molecule has 1 aromatic heterocycles. The highest BCUT2D eigenvalue weighted by molar-refractivity contribution is 5.95. The fourth-order valence-corrected chi connectivity index (χ4v) is 3.50. The van der Waals surface area contributed by atoms with Crippen LogP contribution in [-0.2, 0) is 25.5 Å². The number of nitrogens with zero attached hydrogens (tertiary/aromatic N) is 2. The van der Waals surface area contributed by atoms with Crippen LogP contribution in [0.15, 0.2) is 42.2 Å². The molecule has 2 aromatic rings. The second-order valence-electron chi connectivity index (χ2n) is 8.17. The average Bonchev–Trinajstić information content (AvgIpc) is 3.05. The molecule has 0 aliphatic carbocycles. The Morgan fingerprint density at radius 3 is 2.60 bits per heavy atom. The second-order valence-corrected chi connectivity index (χ2v) is 8.17. The van der Waals surface area contributed by atoms with Crippen molar-refractivity contribution in [2.24, 2.45) is 0 Å². The van der Waals surface area contributed by atoms with Crippen LogP contribution >= 0.6 is 0 Å². The van der Waals surface area contributed by atoms with Gasteiger partial charge in [-0.2, -0.15) is 0 Å². The van der Waals surface area contributed by atoms with Crippen molar-refractivity contribution >= 4 is 28.9 Å². The minimum absolute atomic E-state index is 0.101. The van der Waals surface area contributed by atoms with Crippen LogP contribution in [0.25, 0.3) is 10.9 Å². The van der Waals surface area contributed by atoms with E-state index in [1.165, 1.54) is 9.47 Å². The Labute approximate surface area is 176 Å². The van der Waals surface area contributed by atoms with Crippen molar-refractivity contribution in [1.29, 1.82) is 0 Å². The molecule has 2 heterocycles. The second kappa shape index (κ2) is 8.73. The van der Waals surface area contributed by atoms with Crippen molar-refractivity contribution in [2.75, 3.05) is 13.2 Å². The Morgan fingerprint density at radius 2 is 1.90 bits per heavy atom. The van der Waals surface area contributed by atoms with E-state index in [1.54, 1.807) is 19.2 Å². The van der Waals surface area contributed by atoms with E-state index in [1.807, 2.05) is 45.0 Å². The van der Waals surface area contributed by atoms with Gasteiger partial charge in [0.15, 0.2) is 0 Å². The SMILES string of the molecule is CCOC(=O)C1=CCCC(=O)N1CCc1cn(C(=O)OC(C)(C)C)c2ccccc12. The lowest BCUT2D eigenvalue weighted by Gasteiger charge is -2.27. The molecule has 0 bridgehead atoms. The highest BCUT2D eigenvalue weighted by atomic mass is 16.6. The summed E-state index contributed by atoms with van der Waals surface area (Å²) < 4.78 is 12.1. The number of para-hydroxylation sites is 1. The maximum absolute atomic E-state index is 12.7. The summed E-state index contributed by atoms with van der Waals surface area (Å²) in [5, 5.41) is 0.912. The van der Waals surface area contributed by atoms with Gasteiger partial charge in [-0.15, -0.1) is 0 Å². The number of ether oxygens (including phenoxy) is 2. The largest absolute Gasteiger partial charge is 0.461 e. The molecular weight excluding hydrogens is 384 g/mol. The maximum Gasteiger partial charge on any atom is 0.419 e. The number of hydrogen-bond acceptors (Lipinski definition) is 5. The summed E-state index contributed by atoms with van der Waals surface area (Å²) in [5.74, 6) is -0.585. The van der Waals surface area contributed by atoms with Gasteiger partial charge in [0.25, 0.3) is 0 Å². The van der Waals surface area contributed by atoms with Crippen LogP contribution in [0.4, 0.5) is 4.79 Å². The minimum Gasteiger partial charge on any atom is -0.461 e. The lowest BCUT2D eigenvalue weighted by atomic mass is 10.1. The molecule has 0 spiro atoms. The number of carbonyl (C=O) groups excluding carboxylic acids is 3. The lowest BCUT2D eigenvalue weighted by molar-refractivity contribution is -0.144. The van der Waals surface area contributed by atoms with E-state index in [0.717, 1.165) is 16.5 Å². The quantitative estimate of drug-likeness (QED) is 0.693. The number of amides is 1. The Bertz CT molecular complexity index is 997. The fraction of sp³-hybridized carbons (Fsp3) is 0.435. The number of carbonyl (C=O) groups is 3. The van der Waals surface area contributed by atoms with Gasteiger partial charge in [-0.3, -0.25) is 9.36 Å². The van der Waals surface area contributed by atoms with Crippen LogP contribution in [0.3, 0.4) is 0 Å². The Balaban J connectivity index is 1.86. The number of esters is 1. The Morgan fingerprint density at radius 1 is 1.17 bits per heavy atom. The molecule has 7 heteroatoms. The monoisotopic (exact) mass is 412 g/mol. The van der Waals surface area contributed by atoms with Gasteiger partial charge in [-0.05, 0) is 52.2 Å². The molecule has 0 atom stereocenters. The van der Waals surface area contributed by atoms with Gasteiger partial charge < -0.3 is 14.4 Å². The van der Waals surface area contributed by atoms with E-state index in [2.05, 4.69) is 0 Å². The first kappa shape index (κ1) is 21.6. The maximum atomic E-state index is 12.7. The minimum atomic E-state index is -0.609. The van der Waals surface area contributed by atoms with E-state index < -0.39 is 17.7 Å². The van der Waals surface area contributed by atoms with Crippen LogP contribution in [-0.4, -0.2) is 46.2 Å². The fourth-order valence-electron chi connectivity index (χ4n) is 3.50. The molecule has 1 aliphatic heterocycles. The van der Waals surface area contributed by atoms with Crippen LogP contribution in [0.5, 0.6) is 0 Å². The van der Waals surface area contributed by atoms with E-state index in [0.29, 0.717) is 31.5 Å². The van der Waals surface area contributed by atoms with Crippen LogP contribution < -0.4 is 0 Å². The Kier molecular flexibility index (Phi) is 6.29. The first-order chi connectivity index (χ1) is 14.2. The molecular formula is C23H28N2O5. The predicted octanol–water partition coefficient (Wildman–Crippen LogP) is 4.04. The van der Waals surface area contributed by atoms with Gasteiger partial charge in [-0.25, -0.2) is 9.59 Å². The van der Waals surface area contributed by atoms with Gasteiger partial charge in [0.05, 0.1) is 12.1 Å². The van der Waals surface area contributed by atoms with E-state index in [-0.39, 0.29) is 12.5 Å². The molecule has 3 rings (SSSR count). The summed E-state index contributed by atoms with van der Waals surface area (Å²) >= 11 is 0. The van der Waals surface area contributed by atoms with Crippen LogP contribution in [0.1, 0.15) is 46.1 Å². The molecule has 0 fully saturated rings.